The third-order valence-corrected chi connectivity index (χ3v) is 2.98. The number of aromatic nitrogens is 1. The molecule has 0 aliphatic carbocycles. The predicted molar refractivity (Wildman–Crippen MR) is 90.2 cm³/mol. The standard InChI is InChI=1S/C18H18N2O5/c1-12(2)11-24-18(23)25-17(22)14-8-9-19-15(10-14)20-16(21)13-6-4-3-5-7-13/h3-10,12H,11H2,1-2H3,(H,19,20,21). The van der Waals surface area contributed by atoms with Crippen molar-refractivity contribution in [1.29, 1.82) is 0 Å². The molecule has 2 rings (SSSR count). The second-order valence-corrected chi connectivity index (χ2v) is 5.59. The zero-order valence-corrected chi connectivity index (χ0v) is 13.9. The number of carbonyl (C=O) groups is 3. The molecule has 2 aromatic rings. The van der Waals surface area contributed by atoms with Crippen molar-refractivity contribution in [2.45, 2.75) is 13.8 Å². The van der Waals surface area contributed by atoms with Gasteiger partial charge >= 0.3 is 12.1 Å². The van der Waals surface area contributed by atoms with Crippen LogP contribution in [0.5, 0.6) is 0 Å². The van der Waals surface area contributed by atoms with Crippen molar-refractivity contribution in [3.63, 3.8) is 0 Å². The lowest BCUT2D eigenvalue weighted by Gasteiger charge is -2.08. The van der Waals surface area contributed by atoms with Gasteiger partial charge in [0.25, 0.3) is 5.91 Å². The average Bonchev–Trinajstić information content (AvgIpc) is 2.61. The predicted octanol–water partition coefficient (Wildman–Crippen LogP) is 3.28. The molecule has 1 amide bonds. The summed E-state index contributed by atoms with van der Waals surface area (Å²) in [6, 6.07) is 11.3. The first-order valence-corrected chi connectivity index (χ1v) is 7.67. The first-order valence-electron chi connectivity index (χ1n) is 7.67. The Morgan fingerprint density at radius 1 is 1.08 bits per heavy atom. The molecular formula is C18H18N2O5. The number of ether oxygens (including phenoxy) is 2. The van der Waals surface area contributed by atoms with Crippen molar-refractivity contribution in [2.75, 3.05) is 11.9 Å². The van der Waals surface area contributed by atoms with E-state index in [9.17, 15) is 14.4 Å². The minimum atomic E-state index is -1.06. The highest BCUT2D eigenvalue weighted by Crippen LogP contribution is 2.11. The topological polar surface area (TPSA) is 94.6 Å². The highest BCUT2D eigenvalue weighted by atomic mass is 16.7. The van der Waals surface area contributed by atoms with E-state index in [4.69, 9.17) is 4.74 Å². The average molecular weight is 342 g/mol. The van der Waals surface area contributed by atoms with E-state index in [0.29, 0.717) is 5.56 Å². The molecule has 0 bridgehead atoms. The van der Waals surface area contributed by atoms with Crippen molar-refractivity contribution in [3.05, 3.63) is 59.8 Å². The Balaban J connectivity index is 1.99. The first-order chi connectivity index (χ1) is 12.0. The van der Waals surface area contributed by atoms with E-state index in [-0.39, 0.29) is 29.8 Å². The fourth-order valence-corrected chi connectivity index (χ4v) is 1.80. The third-order valence-electron chi connectivity index (χ3n) is 2.98. The molecule has 0 saturated carbocycles. The summed E-state index contributed by atoms with van der Waals surface area (Å²) in [5.74, 6) is -0.955. The normalized spacial score (nSPS) is 10.2. The summed E-state index contributed by atoms with van der Waals surface area (Å²) in [5.41, 5.74) is 0.523. The Labute approximate surface area is 145 Å². The number of hydrogen-bond donors (Lipinski definition) is 1. The van der Waals surface area contributed by atoms with E-state index >= 15 is 0 Å². The van der Waals surface area contributed by atoms with Gasteiger partial charge in [0.1, 0.15) is 5.82 Å². The summed E-state index contributed by atoms with van der Waals surface area (Å²) in [6.45, 7) is 3.88. The minimum Gasteiger partial charge on any atom is -0.434 e. The van der Waals surface area contributed by atoms with E-state index in [0.717, 1.165) is 0 Å². The molecule has 0 atom stereocenters. The first kappa shape index (κ1) is 18.1. The van der Waals surface area contributed by atoms with Crippen LogP contribution in [0, 0.1) is 5.92 Å². The van der Waals surface area contributed by atoms with Crippen molar-refractivity contribution in [3.8, 4) is 0 Å². The van der Waals surface area contributed by atoms with Gasteiger partial charge in [-0.2, -0.15) is 0 Å². The summed E-state index contributed by atoms with van der Waals surface area (Å²) >= 11 is 0. The fourth-order valence-electron chi connectivity index (χ4n) is 1.80. The van der Waals surface area contributed by atoms with Gasteiger partial charge in [-0.25, -0.2) is 14.6 Å². The van der Waals surface area contributed by atoms with Crippen LogP contribution in [-0.2, 0) is 9.47 Å². The summed E-state index contributed by atoms with van der Waals surface area (Å²) in [6.07, 6.45) is 0.266. The van der Waals surface area contributed by atoms with E-state index in [2.05, 4.69) is 15.0 Å². The number of hydrogen-bond acceptors (Lipinski definition) is 6. The van der Waals surface area contributed by atoms with Crippen molar-refractivity contribution >= 4 is 23.8 Å². The van der Waals surface area contributed by atoms with Crippen LogP contribution in [0.1, 0.15) is 34.6 Å². The maximum Gasteiger partial charge on any atom is 0.516 e. The third kappa shape index (κ3) is 5.72. The molecule has 0 unspecified atom stereocenters. The van der Waals surface area contributed by atoms with Crippen molar-refractivity contribution in [2.24, 2.45) is 5.92 Å². The lowest BCUT2D eigenvalue weighted by Crippen LogP contribution is -2.17. The monoisotopic (exact) mass is 342 g/mol. The molecule has 130 valence electrons. The maximum atomic E-state index is 12.1. The number of nitrogens with one attached hydrogen (secondary N) is 1. The van der Waals surface area contributed by atoms with Crippen LogP contribution in [0.4, 0.5) is 10.6 Å². The number of anilines is 1. The second kappa shape index (κ2) is 8.58. The Bertz CT molecular complexity index is 759. The SMILES string of the molecule is CC(C)COC(=O)OC(=O)c1ccnc(NC(=O)c2ccccc2)c1. The zero-order chi connectivity index (χ0) is 18.2. The van der Waals surface area contributed by atoms with Crippen LogP contribution in [0.15, 0.2) is 48.7 Å². The van der Waals surface area contributed by atoms with Crippen LogP contribution in [0.3, 0.4) is 0 Å². The molecule has 0 aliphatic rings. The summed E-state index contributed by atoms with van der Waals surface area (Å²) in [4.78, 5) is 39.4. The van der Waals surface area contributed by atoms with Gasteiger partial charge in [0.15, 0.2) is 0 Å². The zero-order valence-electron chi connectivity index (χ0n) is 13.9. The smallest absolute Gasteiger partial charge is 0.434 e. The molecule has 1 aromatic heterocycles. The molecule has 0 fully saturated rings. The number of pyridine rings is 1. The number of benzene rings is 1. The Morgan fingerprint density at radius 3 is 2.48 bits per heavy atom. The number of esters is 1. The van der Waals surface area contributed by atoms with Gasteiger partial charge in [-0.05, 0) is 30.2 Å². The summed E-state index contributed by atoms with van der Waals surface area (Å²) in [5, 5.41) is 2.57. The van der Waals surface area contributed by atoms with E-state index in [1.807, 2.05) is 13.8 Å². The fraction of sp³-hybridized carbons (Fsp3) is 0.222. The number of amides is 1. The highest BCUT2D eigenvalue weighted by Gasteiger charge is 2.16. The molecule has 0 spiro atoms. The molecule has 1 aromatic carbocycles. The van der Waals surface area contributed by atoms with E-state index in [1.54, 1.807) is 30.3 Å². The van der Waals surface area contributed by atoms with E-state index < -0.39 is 12.1 Å². The second-order valence-electron chi connectivity index (χ2n) is 5.59. The van der Waals surface area contributed by atoms with Gasteiger partial charge in [-0.1, -0.05) is 32.0 Å². The molecule has 7 nitrogen and oxygen atoms in total. The highest BCUT2D eigenvalue weighted by molar-refractivity contribution is 6.04. The number of nitrogens with zero attached hydrogens (tertiary/aromatic N) is 1. The molecule has 1 heterocycles. The molecule has 0 radical (unpaired) electrons. The molecule has 7 heteroatoms. The Morgan fingerprint density at radius 2 is 1.80 bits per heavy atom. The lowest BCUT2D eigenvalue weighted by molar-refractivity contribution is 0.0350. The van der Waals surface area contributed by atoms with Gasteiger partial charge in [-0.3, -0.25) is 4.79 Å². The molecule has 0 saturated heterocycles. The van der Waals surface area contributed by atoms with Gasteiger partial charge in [0.05, 0.1) is 12.2 Å². The summed E-state index contributed by atoms with van der Waals surface area (Å²) in [7, 11) is 0. The molecule has 25 heavy (non-hydrogen) atoms. The van der Waals surface area contributed by atoms with Crippen molar-refractivity contribution < 1.29 is 23.9 Å². The quantitative estimate of drug-likeness (QED) is 0.662. The van der Waals surface area contributed by atoms with Crippen LogP contribution >= 0.6 is 0 Å². The Hall–Kier alpha value is -3.22. The largest absolute Gasteiger partial charge is 0.516 e. The van der Waals surface area contributed by atoms with E-state index in [1.165, 1.54) is 18.3 Å². The number of carbonyl (C=O) groups excluding carboxylic acids is 3. The van der Waals surface area contributed by atoms with Crippen LogP contribution in [0.2, 0.25) is 0 Å². The van der Waals surface area contributed by atoms with Crippen LogP contribution in [0.25, 0.3) is 0 Å². The lowest BCUT2D eigenvalue weighted by atomic mass is 10.2. The van der Waals surface area contributed by atoms with Crippen LogP contribution in [-0.4, -0.2) is 29.6 Å². The molecule has 0 aliphatic heterocycles. The van der Waals surface area contributed by atoms with Gasteiger partial charge < -0.3 is 14.8 Å². The van der Waals surface area contributed by atoms with Gasteiger partial charge in [0, 0.05) is 11.8 Å². The minimum absolute atomic E-state index is 0.0693. The van der Waals surface area contributed by atoms with Crippen LogP contribution < -0.4 is 5.32 Å². The van der Waals surface area contributed by atoms with Gasteiger partial charge in [0.2, 0.25) is 0 Å². The molecular weight excluding hydrogens is 324 g/mol. The summed E-state index contributed by atoms with van der Waals surface area (Å²) < 4.78 is 9.37. The van der Waals surface area contributed by atoms with Crippen molar-refractivity contribution in [1.82, 2.24) is 4.98 Å². The number of rotatable bonds is 5. The molecule has 1 N–H and O–H groups in total. The van der Waals surface area contributed by atoms with Gasteiger partial charge in [-0.15, -0.1) is 0 Å². The maximum absolute atomic E-state index is 12.1. The Kier molecular flexibility index (Phi) is 6.22.